The van der Waals surface area contributed by atoms with Crippen LogP contribution >= 0.6 is 0 Å². The van der Waals surface area contributed by atoms with E-state index in [2.05, 4.69) is 202 Å². The molecule has 4 nitrogen and oxygen atoms in total. The number of benzene rings is 7. The smallest absolute Gasteiger partial charge is 0.159 e. The first kappa shape index (κ1) is 31.9. The molecule has 274 valence electrons. The molecule has 2 unspecified atom stereocenters. The third-order valence-corrected chi connectivity index (χ3v) is 12.9. The van der Waals surface area contributed by atoms with Crippen molar-refractivity contribution in [3.05, 3.63) is 204 Å². The number of aromatic nitrogens is 2. The van der Waals surface area contributed by atoms with Gasteiger partial charge in [-0.25, -0.2) is 0 Å². The molecule has 4 heteroatoms. The van der Waals surface area contributed by atoms with Crippen molar-refractivity contribution in [2.24, 2.45) is 0 Å². The fourth-order valence-electron chi connectivity index (χ4n) is 10.4. The molecule has 0 spiro atoms. The van der Waals surface area contributed by atoms with E-state index >= 15 is 0 Å². The lowest BCUT2D eigenvalue weighted by Crippen LogP contribution is -2.29. The molecule has 13 rings (SSSR count). The monoisotopic (exact) mass is 743 g/mol. The summed E-state index contributed by atoms with van der Waals surface area (Å²) < 4.78 is 11.9. The van der Waals surface area contributed by atoms with Crippen LogP contribution in [0, 0.1) is 0 Å². The van der Waals surface area contributed by atoms with Crippen LogP contribution in [-0.4, -0.2) is 15.2 Å². The molecule has 0 N–H and O–H groups in total. The van der Waals surface area contributed by atoms with Crippen molar-refractivity contribution in [1.82, 2.24) is 9.13 Å². The van der Waals surface area contributed by atoms with E-state index in [4.69, 9.17) is 4.42 Å². The van der Waals surface area contributed by atoms with Crippen molar-refractivity contribution in [2.45, 2.75) is 24.8 Å². The van der Waals surface area contributed by atoms with Gasteiger partial charge in [-0.1, -0.05) is 127 Å². The molecule has 2 aliphatic carbocycles. The van der Waals surface area contributed by atoms with Gasteiger partial charge in [0.1, 0.15) is 5.58 Å². The quantitative estimate of drug-likeness (QED) is 0.179. The van der Waals surface area contributed by atoms with Crippen molar-refractivity contribution < 1.29 is 4.42 Å². The molecule has 1 aliphatic heterocycles. The third kappa shape index (κ3) is 4.40. The number of para-hydroxylation sites is 5. The topological polar surface area (TPSA) is 26.2 Å². The van der Waals surface area contributed by atoms with Crippen LogP contribution in [-0.2, 0) is 6.42 Å². The second kappa shape index (κ2) is 12.1. The first-order valence-electron chi connectivity index (χ1n) is 20.4. The van der Waals surface area contributed by atoms with E-state index in [-0.39, 0.29) is 12.0 Å². The molecule has 3 aromatic heterocycles. The van der Waals surface area contributed by atoms with Gasteiger partial charge in [-0.2, -0.15) is 0 Å². The number of furan rings is 1. The molecule has 10 aromatic rings. The zero-order valence-corrected chi connectivity index (χ0v) is 31.7. The molecule has 58 heavy (non-hydrogen) atoms. The minimum absolute atomic E-state index is 0.0650. The predicted octanol–water partition coefficient (Wildman–Crippen LogP) is 13.8. The van der Waals surface area contributed by atoms with Crippen LogP contribution in [0.1, 0.15) is 34.7 Å². The van der Waals surface area contributed by atoms with Crippen LogP contribution in [0.5, 0.6) is 0 Å². The van der Waals surface area contributed by atoms with Gasteiger partial charge in [0.25, 0.3) is 0 Å². The number of rotatable bonds is 4. The molecule has 0 amide bonds. The van der Waals surface area contributed by atoms with Gasteiger partial charge < -0.3 is 18.5 Å². The Kier molecular flexibility index (Phi) is 6.65. The van der Waals surface area contributed by atoms with E-state index in [9.17, 15) is 0 Å². The first-order chi connectivity index (χ1) is 28.8. The van der Waals surface area contributed by atoms with Gasteiger partial charge in [-0.15, -0.1) is 0 Å². The summed E-state index contributed by atoms with van der Waals surface area (Å²) >= 11 is 0. The molecular formula is C54H37N3O. The predicted molar refractivity (Wildman–Crippen MR) is 241 cm³/mol. The Hall–Kier alpha value is -7.30. The second-order valence-corrected chi connectivity index (χ2v) is 15.9. The van der Waals surface area contributed by atoms with Crippen molar-refractivity contribution in [3.63, 3.8) is 0 Å². The van der Waals surface area contributed by atoms with Crippen molar-refractivity contribution in [1.29, 1.82) is 0 Å². The van der Waals surface area contributed by atoms with Crippen LogP contribution in [0.3, 0.4) is 0 Å². The van der Waals surface area contributed by atoms with E-state index in [0.717, 1.165) is 40.5 Å². The molecule has 0 saturated heterocycles. The molecule has 2 atom stereocenters. The first-order valence-corrected chi connectivity index (χ1v) is 20.4. The van der Waals surface area contributed by atoms with Crippen molar-refractivity contribution in [3.8, 4) is 11.4 Å². The number of allylic oxidation sites excluding steroid dienone is 3. The molecule has 0 saturated carbocycles. The highest BCUT2D eigenvalue weighted by Gasteiger charge is 2.41. The second-order valence-electron chi connectivity index (χ2n) is 15.9. The summed E-state index contributed by atoms with van der Waals surface area (Å²) in [7, 11) is 0. The van der Waals surface area contributed by atoms with E-state index in [1.165, 1.54) is 77.7 Å². The van der Waals surface area contributed by atoms with Crippen molar-refractivity contribution >= 4 is 77.7 Å². The fraction of sp³-hybridized carbons (Fsp3) is 0.0741. The van der Waals surface area contributed by atoms with Crippen LogP contribution in [0.25, 0.3) is 77.7 Å². The van der Waals surface area contributed by atoms with Gasteiger partial charge in [-0.05, 0) is 90.2 Å². The van der Waals surface area contributed by atoms with Crippen LogP contribution in [0.2, 0.25) is 0 Å². The lowest BCUT2D eigenvalue weighted by atomic mass is 9.86. The number of anilines is 2. The number of fused-ring (bicyclic) bond motifs is 12. The normalized spacial score (nSPS) is 17.1. The summed E-state index contributed by atoms with van der Waals surface area (Å²) in [6, 6.07) is 57.4. The minimum Gasteiger partial charge on any atom is -0.454 e. The summed E-state index contributed by atoms with van der Waals surface area (Å²) in [5.41, 5.74) is 16.7. The third-order valence-electron chi connectivity index (χ3n) is 12.9. The maximum absolute atomic E-state index is 6.99. The van der Waals surface area contributed by atoms with Crippen molar-refractivity contribution in [2.75, 3.05) is 4.90 Å². The fourth-order valence-corrected chi connectivity index (χ4v) is 10.4. The van der Waals surface area contributed by atoms with Gasteiger partial charge in [0.2, 0.25) is 0 Å². The van der Waals surface area contributed by atoms with E-state index < -0.39 is 0 Å². The Bertz CT molecular complexity index is 3410. The molecule has 7 aromatic carbocycles. The summed E-state index contributed by atoms with van der Waals surface area (Å²) in [5, 5.41) is 6.07. The zero-order chi connectivity index (χ0) is 37.9. The van der Waals surface area contributed by atoms with Gasteiger partial charge >= 0.3 is 0 Å². The Morgan fingerprint density at radius 3 is 2.16 bits per heavy atom. The number of hydrogen-bond donors (Lipinski definition) is 0. The molecule has 3 aliphatic rings. The molecule has 4 heterocycles. The number of hydrogen-bond acceptors (Lipinski definition) is 2. The average Bonchev–Trinajstić information content (AvgIpc) is 4.02. The standard InChI is InChI=1S/C54H37N3O/c1-3-15-36(16-4-1)55-45-23-11-7-19-38(45)42-31-34(27-29-48(42)55)35-28-30-49-43(32-35)39-20-8-12-24-46(39)57(49)53-52-41-22-9-13-25-47(41)56(37-17-5-2-6-18-37)50(52)33-44-40-21-10-14-26-51(40)58-54(44)53/h1-12,14-24,26-33,43,49H,13,25H2. The Morgan fingerprint density at radius 1 is 0.569 bits per heavy atom. The molecular weight excluding hydrogens is 707 g/mol. The zero-order valence-electron chi connectivity index (χ0n) is 31.7. The Labute approximate surface area is 335 Å². The molecule has 0 radical (unpaired) electrons. The maximum Gasteiger partial charge on any atom is 0.159 e. The summed E-state index contributed by atoms with van der Waals surface area (Å²) in [4.78, 5) is 2.60. The highest BCUT2D eigenvalue weighted by Crippen LogP contribution is 2.55. The average molecular weight is 744 g/mol. The van der Waals surface area contributed by atoms with E-state index in [1.54, 1.807) is 0 Å². The lowest BCUT2D eigenvalue weighted by molar-refractivity contribution is 0.664. The minimum atomic E-state index is 0.0650. The SMILES string of the molecule is C1=Cc2c(n(-c3ccccc3)c3cc4c(oc5ccccc54)c(N4c5ccccc5C5C=C(c6ccc7c(c6)c6ccccc6n7-c6ccccc6)C=CC54)c23)CC1. The maximum atomic E-state index is 6.99. The Morgan fingerprint density at radius 2 is 1.29 bits per heavy atom. The van der Waals surface area contributed by atoms with Gasteiger partial charge in [0, 0.05) is 61.2 Å². The van der Waals surface area contributed by atoms with Gasteiger partial charge in [0.15, 0.2) is 5.58 Å². The van der Waals surface area contributed by atoms with Crippen LogP contribution in [0.15, 0.2) is 186 Å². The Balaban J connectivity index is 1.02. The summed E-state index contributed by atoms with van der Waals surface area (Å²) in [6.07, 6.45) is 14.0. The largest absolute Gasteiger partial charge is 0.454 e. The van der Waals surface area contributed by atoms with E-state index in [1.807, 2.05) is 0 Å². The molecule has 0 fully saturated rings. The summed E-state index contributed by atoms with van der Waals surface area (Å²) in [5.74, 6) is 0.148. The molecule has 0 bridgehead atoms. The van der Waals surface area contributed by atoms with Crippen LogP contribution in [0.4, 0.5) is 11.4 Å². The van der Waals surface area contributed by atoms with Crippen LogP contribution < -0.4 is 4.90 Å². The highest BCUT2D eigenvalue weighted by molar-refractivity contribution is 6.21. The lowest BCUT2D eigenvalue weighted by Gasteiger charge is -2.30. The summed E-state index contributed by atoms with van der Waals surface area (Å²) in [6.45, 7) is 0. The van der Waals surface area contributed by atoms with E-state index in [0.29, 0.717) is 0 Å². The highest BCUT2D eigenvalue weighted by atomic mass is 16.3. The van der Waals surface area contributed by atoms with Gasteiger partial charge in [-0.3, -0.25) is 0 Å². The number of nitrogens with zero attached hydrogens (tertiary/aromatic N) is 3. The van der Waals surface area contributed by atoms with Gasteiger partial charge in [0.05, 0.1) is 28.3 Å².